The van der Waals surface area contributed by atoms with E-state index >= 15 is 0 Å². The summed E-state index contributed by atoms with van der Waals surface area (Å²) in [4.78, 5) is 13.3. The molecule has 19 heavy (non-hydrogen) atoms. The van der Waals surface area contributed by atoms with E-state index in [1.807, 2.05) is 6.92 Å². The molecular weight excluding hydrogens is 242 g/mol. The van der Waals surface area contributed by atoms with Crippen molar-refractivity contribution in [1.29, 1.82) is 0 Å². The second kappa shape index (κ2) is 7.25. The molecule has 1 fully saturated rings. The Kier molecular flexibility index (Phi) is 5.35. The number of anilines is 1. The predicted octanol–water partition coefficient (Wildman–Crippen LogP) is 0.535. The van der Waals surface area contributed by atoms with E-state index in [9.17, 15) is 0 Å². The summed E-state index contributed by atoms with van der Waals surface area (Å²) < 4.78 is 5.35. The SMILES string of the molecule is CCOc1ccnc(NCCN2CCN(C)CC2)n1. The van der Waals surface area contributed by atoms with Crippen molar-refractivity contribution in [2.75, 3.05) is 58.2 Å². The standard InChI is InChI=1S/C13H23N5O/c1-3-19-12-4-5-14-13(16-12)15-6-7-18-10-8-17(2)9-11-18/h4-5H,3,6-11H2,1-2H3,(H,14,15,16). The number of hydrogen-bond donors (Lipinski definition) is 1. The van der Waals surface area contributed by atoms with Gasteiger partial charge in [-0.2, -0.15) is 4.98 Å². The summed E-state index contributed by atoms with van der Waals surface area (Å²) in [6, 6.07) is 1.77. The van der Waals surface area contributed by atoms with Gasteiger partial charge < -0.3 is 15.0 Å². The summed E-state index contributed by atoms with van der Waals surface area (Å²) in [5.74, 6) is 1.26. The topological polar surface area (TPSA) is 53.5 Å². The zero-order chi connectivity index (χ0) is 13.5. The third-order valence-corrected chi connectivity index (χ3v) is 3.23. The number of ether oxygens (including phenoxy) is 1. The maximum absolute atomic E-state index is 5.35. The van der Waals surface area contributed by atoms with Crippen LogP contribution in [0.15, 0.2) is 12.3 Å². The molecule has 6 nitrogen and oxygen atoms in total. The summed E-state index contributed by atoms with van der Waals surface area (Å²) in [7, 11) is 2.17. The monoisotopic (exact) mass is 265 g/mol. The Labute approximate surface area is 114 Å². The van der Waals surface area contributed by atoms with Gasteiger partial charge in [-0.05, 0) is 14.0 Å². The van der Waals surface area contributed by atoms with Gasteiger partial charge >= 0.3 is 0 Å². The Morgan fingerprint density at radius 3 is 2.84 bits per heavy atom. The fourth-order valence-electron chi connectivity index (χ4n) is 2.05. The molecule has 0 aromatic carbocycles. The Morgan fingerprint density at radius 2 is 2.11 bits per heavy atom. The van der Waals surface area contributed by atoms with E-state index in [2.05, 4.69) is 32.1 Å². The minimum absolute atomic E-state index is 0.623. The zero-order valence-electron chi connectivity index (χ0n) is 11.8. The molecule has 0 spiro atoms. The molecule has 0 saturated carbocycles. The molecule has 1 aliphatic heterocycles. The molecular formula is C13H23N5O. The van der Waals surface area contributed by atoms with Crippen LogP contribution in [0.5, 0.6) is 5.88 Å². The number of rotatable bonds is 6. The van der Waals surface area contributed by atoms with Crippen molar-refractivity contribution in [3.8, 4) is 5.88 Å². The van der Waals surface area contributed by atoms with E-state index in [0.717, 1.165) is 39.3 Å². The minimum Gasteiger partial charge on any atom is -0.478 e. The van der Waals surface area contributed by atoms with Crippen LogP contribution in [0, 0.1) is 0 Å². The number of likely N-dealkylation sites (N-methyl/N-ethyl adjacent to an activating group) is 1. The average molecular weight is 265 g/mol. The second-order valence-corrected chi connectivity index (χ2v) is 4.72. The van der Waals surface area contributed by atoms with Gasteiger partial charge in [-0.25, -0.2) is 4.98 Å². The molecule has 0 atom stereocenters. The molecule has 1 aromatic heterocycles. The van der Waals surface area contributed by atoms with Crippen molar-refractivity contribution >= 4 is 5.95 Å². The minimum atomic E-state index is 0.623. The van der Waals surface area contributed by atoms with Crippen molar-refractivity contribution < 1.29 is 4.74 Å². The summed E-state index contributed by atoms with van der Waals surface area (Å²) in [6.07, 6.45) is 1.72. The van der Waals surface area contributed by atoms with Gasteiger partial charge in [0.05, 0.1) is 6.61 Å². The predicted molar refractivity (Wildman–Crippen MR) is 75.6 cm³/mol. The maximum Gasteiger partial charge on any atom is 0.225 e. The fraction of sp³-hybridized carbons (Fsp3) is 0.692. The van der Waals surface area contributed by atoms with E-state index in [4.69, 9.17) is 4.74 Å². The number of nitrogens with one attached hydrogen (secondary N) is 1. The third kappa shape index (κ3) is 4.65. The Balaban J connectivity index is 1.71. The van der Waals surface area contributed by atoms with Crippen molar-refractivity contribution in [3.63, 3.8) is 0 Å². The molecule has 0 aliphatic carbocycles. The van der Waals surface area contributed by atoms with Gasteiger partial charge in [0.1, 0.15) is 0 Å². The average Bonchev–Trinajstić information content (AvgIpc) is 2.42. The van der Waals surface area contributed by atoms with Crippen LogP contribution >= 0.6 is 0 Å². The van der Waals surface area contributed by atoms with Crippen LogP contribution in [0.4, 0.5) is 5.95 Å². The summed E-state index contributed by atoms with van der Waals surface area (Å²) in [5, 5.41) is 3.24. The van der Waals surface area contributed by atoms with Gasteiger partial charge in [0.2, 0.25) is 11.8 Å². The lowest BCUT2D eigenvalue weighted by molar-refractivity contribution is 0.158. The van der Waals surface area contributed by atoms with Crippen LogP contribution in [0.3, 0.4) is 0 Å². The Bertz CT molecular complexity index is 379. The summed E-state index contributed by atoms with van der Waals surface area (Å²) in [5.41, 5.74) is 0. The van der Waals surface area contributed by atoms with Crippen LogP contribution < -0.4 is 10.1 Å². The van der Waals surface area contributed by atoms with Gasteiger partial charge in [0.15, 0.2) is 0 Å². The van der Waals surface area contributed by atoms with E-state index in [1.54, 1.807) is 12.3 Å². The van der Waals surface area contributed by atoms with E-state index in [1.165, 1.54) is 0 Å². The van der Waals surface area contributed by atoms with E-state index in [-0.39, 0.29) is 0 Å². The quantitative estimate of drug-likeness (QED) is 0.810. The molecule has 1 N–H and O–H groups in total. The van der Waals surface area contributed by atoms with Crippen LogP contribution in [-0.2, 0) is 0 Å². The molecule has 1 saturated heterocycles. The van der Waals surface area contributed by atoms with Gasteiger partial charge in [-0.15, -0.1) is 0 Å². The van der Waals surface area contributed by atoms with Crippen molar-refractivity contribution in [2.24, 2.45) is 0 Å². The first kappa shape index (κ1) is 14.0. The Morgan fingerprint density at radius 1 is 1.32 bits per heavy atom. The first-order valence-corrected chi connectivity index (χ1v) is 6.88. The highest BCUT2D eigenvalue weighted by Crippen LogP contribution is 2.07. The first-order chi connectivity index (χ1) is 9.28. The third-order valence-electron chi connectivity index (χ3n) is 3.23. The van der Waals surface area contributed by atoms with Crippen LogP contribution in [0.2, 0.25) is 0 Å². The molecule has 2 heterocycles. The lowest BCUT2D eigenvalue weighted by Gasteiger charge is -2.32. The van der Waals surface area contributed by atoms with Crippen LogP contribution in [0.25, 0.3) is 0 Å². The number of aromatic nitrogens is 2. The molecule has 1 aromatic rings. The lowest BCUT2D eigenvalue weighted by atomic mass is 10.3. The summed E-state index contributed by atoms with van der Waals surface area (Å²) >= 11 is 0. The molecule has 0 bridgehead atoms. The second-order valence-electron chi connectivity index (χ2n) is 4.72. The fourth-order valence-corrected chi connectivity index (χ4v) is 2.05. The highest BCUT2D eigenvalue weighted by molar-refractivity contribution is 5.27. The highest BCUT2D eigenvalue weighted by atomic mass is 16.5. The molecule has 0 radical (unpaired) electrons. The van der Waals surface area contributed by atoms with E-state index in [0.29, 0.717) is 18.4 Å². The van der Waals surface area contributed by atoms with Crippen LogP contribution in [0.1, 0.15) is 6.92 Å². The summed E-state index contributed by atoms with van der Waals surface area (Å²) in [6.45, 7) is 9.03. The molecule has 106 valence electrons. The van der Waals surface area contributed by atoms with Gasteiger partial charge in [-0.1, -0.05) is 0 Å². The normalized spacial score (nSPS) is 17.4. The zero-order valence-corrected chi connectivity index (χ0v) is 11.8. The molecule has 2 rings (SSSR count). The first-order valence-electron chi connectivity index (χ1n) is 6.88. The largest absolute Gasteiger partial charge is 0.478 e. The maximum atomic E-state index is 5.35. The molecule has 6 heteroatoms. The molecule has 0 amide bonds. The smallest absolute Gasteiger partial charge is 0.225 e. The number of piperazine rings is 1. The van der Waals surface area contributed by atoms with E-state index < -0.39 is 0 Å². The van der Waals surface area contributed by atoms with Crippen molar-refractivity contribution in [2.45, 2.75) is 6.92 Å². The van der Waals surface area contributed by atoms with Crippen molar-refractivity contribution in [3.05, 3.63) is 12.3 Å². The van der Waals surface area contributed by atoms with Gasteiger partial charge in [0.25, 0.3) is 0 Å². The van der Waals surface area contributed by atoms with Crippen LogP contribution in [-0.4, -0.2) is 72.7 Å². The lowest BCUT2D eigenvalue weighted by Crippen LogP contribution is -2.45. The highest BCUT2D eigenvalue weighted by Gasteiger charge is 2.12. The molecule has 1 aliphatic rings. The van der Waals surface area contributed by atoms with Gasteiger partial charge in [0, 0.05) is 51.5 Å². The Hall–Kier alpha value is -1.40. The molecule has 0 unspecified atom stereocenters. The van der Waals surface area contributed by atoms with Crippen molar-refractivity contribution in [1.82, 2.24) is 19.8 Å². The number of hydrogen-bond acceptors (Lipinski definition) is 6. The number of nitrogens with zero attached hydrogens (tertiary/aromatic N) is 4. The van der Waals surface area contributed by atoms with Gasteiger partial charge in [-0.3, -0.25) is 4.90 Å².